The van der Waals surface area contributed by atoms with Gasteiger partial charge < -0.3 is 20.3 Å². The first-order valence-corrected chi connectivity index (χ1v) is 11.0. The molecular formula is C25H37IN4O. The third-order valence-electron chi connectivity index (χ3n) is 5.89. The first-order valence-electron chi connectivity index (χ1n) is 11.0. The highest BCUT2D eigenvalue weighted by Crippen LogP contribution is 2.19. The maximum absolute atomic E-state index is 5.42. The Morgan fingerprint density at radius 3 is 2.65 bits per heavy atom. The fraction of sp³-hybridized carbons (Fsp3) is 0.480. The molecule has 6 heteroatoms. The largest absolute Gasteiger partial charge is 0.496 e. The Kier molecular flexibility index (Phi) is 11.2. The maximum Gasteiger partial charge on any atom is 0.190 e. The van der Waals surface area contributed by atoms with E-state index in [0.717, 1.165) is 44.2 Å². The zero-order chi connectivity index (χ0) is 21.2. The molecule has 0 amide bonds. The zero-order valence-corrected chi connectivity index (χ0v) is 21.4. The van der Waals surface area contributed by atoms with Gasteiger partial charge in [0, 0.05) is 33.2 Å². The summed E-state index contributed by atoms with van der Waals surface area (Å²) >= 11 is 0. The molecule has 0 bridgehead atoms. The molecule has 0 aliphatic carbocycles. The number of benzene rings is 2. The first-order chi connectivity index (χ1) is 14.7. The SMILES string of the molecule is CN=C(NCCc1ccc(C)c(OC)c1)NCC1CCN(CCc2ccccc2)C1.I. The van der Waals surface area contributed by atoms with Gasteiger partial charge in [0.05, 0.1) is 7.11 Å². The highest BCUT2D eigenvalue weighted by atomic mass is 127. The molecule has 31 heavy (non-hydrogen) atoms. The van der Waals surface area contributed by atoms with E-state index < -0.39 is 0 Å². The summed E-state index contributed by atoms with van der Waals surface area (Å²) in [7, 11) is 3.56. The molecule has 1 fully saturated rings. The monoisotopic (exact) mass is 536 g/mol. The van der Waals surface area contributed by atoms with Crippen molar-refractivity contribution in [3.63, 3.8) is 0 Å². The Morgan fingerprint density at radius 2 is 1.90 bits per heavy atom. The van der Waals surface area contributed by atoms with Gasteiger partial charge in [-0.15, -0.1) is 24.0 Å². The van der Waals surface area contributed by atoms with Gasteiger partial charge in [-0.05, 0) is 61.4 Å². The second-order valence-corrected chi connectivity index (χ2v) is 8.12. The highest BCUT2D eigenvalue weighted by Gasteiger charge is 2.22. The van der Waals surface area contributed by atoms with E-state index in [-0.39, 0.29) is 24.0 Å². The number of methoxy groups -OCH3 is 1. The molecule has 2 N–H and O–H groups in total. The van der Waals surface area contributed by atoms with Gasteiger partial charge in [-0.1, -0.05) is 42.5 Å². The number of nitrogens with zero attached hydrogens (tertiary/aromatic N) is 2. The van der Waals surface area contributed by atoms with Gasteiger partial charge in [-0.2, -0.15) is 0 Å². The number of aliphatic imine (C=N–C) groups is 1. The Balaban J connectivity index is 0.00000341. The molecular weight excluding hydrogens is 499 g/mol. The minimum absolute atomic E-state index is 0. The van der Waals surface area contributed by atoms with Crippen LogP contribution in [0.5, 0.6) is 5.75 Å². The molecule has 1 heterocycles. The van der Waals surface area contributed by atoms with Crippen molar-refractivity contribution in [2.24, 2.45) is 10.9 Å². The molecule has 0 saturated carbocycles. The van der Waals surface area contributed by atoms with E-state index in [4.69, 9.17) is 4.74 Å². The summed E-state index contributed by atoms with van der Waals surface area (Å²) in [5.41, 5.74) is 3.86. The lowest BCUT2D eigenvalue weighted by molar-refractivity contribution is 0.328. The van der Waals surface area contributed by atoms with Gasteiger partial charge in [0.1, 0.15) is 5.75 Å². The van der Waals surface area contributed by atoms with Gasteiger partial charge >= 0.3 is 0 Å². The van der Waals surface area contributed by atoms with Crippen LogP contribution in [0.25, 0.3) is 0 Å². The molecule has 1 saturated heterocycles. The zero-order valence-electron chi connectivity index (χ0n) is 19.1. The van der Waals surface area contributed by atoms with Crippen molar-refractivity contribution < 1.29 is 4.74 Å². The van der Waals surface area contributed by atoms with Crippen LogP contribution >= 0.6 is 24.0 Å². The molecule has 1 aliphatic heterocycles. The molecule has 2 aromatic rings. The van der Waals surface area contributed by atoms with Crippen LogP contribution in [0.1, 0.15) is 23.1 Å². The van der Waals surface area contributed by atoms with Crippen molar-refractivity contribution in [1.82, 2.24) is 15.5 Å². The molecule has 1 aliphatic rings. The minimum atomic E-state index is 0. The lowest BCUT2D eigenvalue weighted by Crippen LogP contribution is -2.41. The first kappa shape index (κ1) is 25.5. The van der Waals surface area contributed by atoms with Crippen LogP contribution in [0.4, 0.5) is 0 Å². The highest BCUT2D eigenvalue weighted by molar-refractivity contribution is 14.0. The molecule has 1 unspecified atom stereocenters. The lowest BCUT2D eigenvalue weighted by atomic mass is 10.1. The third-order valence-corrected chi connectivity index (χ3v) is 5.89. The minimum Gasteiger partial charge on any atom is -0.496 e. The van der Waals surface area contributed by atoms with Crippen molar-refractivity contribution in [1.29, 1.82) is 0 Å². The predicted octanol–water partition coefficient (Wildman–Crippen LogP) is 3.89. The van der Waals surface area contributed by atoms with Crippen molar-refractivity contribution in [2.45, 2.75) is 26.2 Å². The number of halogens is 1. The maximum atomic E-state index is 5.42. The van der Waals surface area contributed by atoms with Gasteiger partial charge in [-0.3, -0.25) is 4.99 Å². The number of hydrogen-bond donors (Lipinski definition) is 2. The van der Waals surface area contributed by atoms with Crippen LogP contribution < -0.4 is 15.4 Å². The number of aryl methyl sites for hydroxylation is 1. The topological polar surface area (TPSA) is 48.9 Å². The van der Waals surface area contributed by atoms with Crippen molar-refractivity contribution in [3.8, 4) is 5.75 Å². The molecule has 1 atom stereocenters. The number of likely N-dealkylation sites (tertiary alicyclic amines) is 1. The standard InChI is InChI=1S/C25H36N4O.HI/c1-20-9-10-22(17-24(20)30-3)11-14-27-25(26-2)28-18-23-13-16-29(19-23)15-12-21-7-5-4-6-8-21;/h4-10,17,23H,11-16,18-19H2,1-3H3,(H2,26,27,28);1H. The summed E-state index contributed by atoms with van der Waals surface area (Å²) in [6.07, 6.45) is 3.32. The van der Waals surface area contributed by atoms with Gasteiger partial charge in [0.2, 0.25) is 0 Å². The summed E-state index contributed by atoms with van der Waals surface area (Å²) in [5, 5.41) is 6.95. The Bertz CT molecular complexity index is 812. The van der Waals surface area contributed by atoms with E-state index >= 15 is 0 Å². The number of nitrogens with one attached hydrogen (secondary N) is 2. The lowest BCUT2D eigenvalue weighted by Gasteiger charge is -2.17. The fourth-order valence-corrected chi connectivity index (χ4v) is 4.02. The summed E-state index contributed by atoms with van der Waals surface area (Å²) in [5.74, 6) is 2.52. The van der Waals surface area contributed by atoms with Crippen molar-refractivity contribution >= 4 is 29.9 Å². The second kappa shape index (κ2) is 13.6. The average molecular weight is 537 g/mol. The number of hydrogen-bond acceptors (Lipinski definition) is 3. The summed E-state index contributed by atoms with van der Waals surface area (Å²) in [4.78, 5) is 6.96. The smallest absolute Gasteiger partial charge is 0.190 e. The Hall–Kier alpha value is -1.80. The van der Waals surface area contributed by atoms with E-state index in [1.165, 1.54) is 36.2 Å². The molecule has 0 aromatic heterocycles. The summed E-state index contributed by atoms with van der Waals surface area (Å²) in [6.45, 7) is 7.39. The van der Waals surface area contributed by atoms with E-state index in [0.29, 0.717) is 5.92 Å². The van der Waals surface area contributed by atoms with E-state index in [9.17, 15) is 0 Å². The molecule has 3 rings (SSSR count). The van der Waals surface area contributed by atoms with Crippen LogP contribution in [-0.2, 0) is 12.8 Å². The van der Waals surface area contributed by atoms with Crippen molar-refractivity contribution in [3.05, 3.63) is 65.2 Å². The average Bonchev–Trinajstić information content (AvgIpc) is 3.24. The van der Waals surface area contributed by atoms with Gasteiger partial charge in [0.25, 0.3) is 0 Å². The Labute approximate surface area is 204 Å². The Morgan fingerprint density at radius 1 is 1.10 bits per heavy atom. The third kappa shape index (κ3) is 8.33. The number of rotatable bonds is 9. The van der Waals surface area contributed by atoms with E-state index in [1.807, 2.05) is 7.05 Å². The van der Waals surface area contributed by atoms with E-state index in [2.05, 4.69) is 76.0 Å². The quantitative estimate of drug-likeness (QED) is 0.290. The molecule has 5 nitrogen and oxygen atoms in total. The number of ether oxygens (including phenoxy) is 1. The summed E-state index contributed by atoms with van der Waals surface area (Å²) < 4.78 is 5.42. The van der Waals surface area contributed by atoms with Crippen LogP contribution in [-0.4, -0.2) is 57.7 Å². The second-order valence-electron chi connectivity index (χ2n) is 8.12. The van der Waals surface area contributed by atoms with Gasteiger partial charge in [0.15, 0.2) is 5.96 Å². The van der Waals surface area contributed by atoms with Gasteiger partial charge in [-0.25, -0.2) is 0 Å². The number of guanidine groups is 1. The van der Waals surface area contributed by atoms with Crippen LogP contribution in [0, 0.1) is 12.8 Å². The van der Waals surface area contributed by atoms with Crippen LogP contribution in [0.15, 0.2) is 53.5 Å². The molecule has 0 spiro atoms. The molecule has 170 valence electrons. The molecule has 0 radical (unpaired) electrons. The fourth-order valence-electron chi connectivity index (χ4n) is 4.02. The normalized spacial score (nSPS) is 16.6. The van der Waals surface area contributed by atoms with Crippen LogP contribution in [0.2, 0.25) is 0 Å². The van der Waals surface area contributed by atoms with E-state index in [1.54, 1.807) is 7.11 Å². The molecule has 2 aromatic carbocycles. The summed E-state index contributed by atoms with van der Waals surface area (Å²) in [6, 6.07) is 17.2. The predicted molar refractivity (Wildman–Crippen MR) is 141 cm³/mol. The van der Waals surface area contributed by atoms with Crippen molar-refractivity contribution in [2.75, 3.05) is 46.9 Å². The van der Waals surface area contributed by atoms with Crippen LogP contribution in [0.3, 0.4) is 0 Å².